The van der Waals surface area contributed by atoms with Crippen LogP contribution in [0.2, 0.25) is 0 Å². The van der Waals surface area contributed by atoms with Crippen molar-refractivity contribution < 1.29 is 2.85 Å². The molecule has 0 saturated carbocycles. The van der Waals surface area contributed by atoms with Crippen LogP contribution in [-0.2, 0) is 13.5 Å². The summed E-state index contributed by atoms with van der Waals surface area (Å²) in [5, 5.41) is 9.89. The number of nitrogens with zero attached hydrogens (tertiary/aromatic N) is 1. The van der Waals surface area contributed by atoms with E-state index in [9.17, 15) is 0 Å². The predicted molar refractivity (Wildman–Crippen MR) is 69.0 cm³/mol. The van der Waals surface area contributed by atoms with Crippen molar-refractivity contribution in [1.82, 2.24) is 10.2 Å². The lowest BCUT2D eigenvalue weighted by atomic mass is 10.1. The molecule has 1 saturated heterocycles. The van der Waals surface area contributed by atoms with Gasteiger partial charge in [-0.15, -0.1) is 0 Å². The molecule has 1 aliphatic heterocycles. The number of likely N-dealkylation sites (tertiary alicyclic amines) is 1. The van der Waals surface area contributed by atoms with Crippen LogP contribution < -0.4 is 11.1 Å². The fourth-order valence-electron chi connectivity index (χ4n) is 1.89. The summed E-state index contributed by atoms with van der Waals surface area (Å²) in [4.78, 5) is 2.47. The van der Waals surface area contributed by atoms with Crippen LogP contribution in [0.15, 0.2) is 0 Å². The van der Waals surface area contributed by atoms with E-state index in [2.05, 4.69) is 10.2 Å². The number of hydrogen-bond acceptors (Lipinski definition) is 2. The van der Waals surface area contributed by atoms with E-state index in [-0.39, 0.29) is 22.3 Å². The van der Waals surface area contributed by atoms with Gasteiger partial charge in [-0.25, -0.2) is 0 Å². The van der Waals surface area contributed by atoms with E-state index in [0.717, 1.165) is 13.1 Å². The van der Waals surface area contributed by atoms with E-state index < -0.39 is 0 Å². The highest BCUT2D eigenvalue weighted by molar-refractivity contribution is 7.37. The minimum Gasteiger partial charge on any atom is -2.00 e. The first-order chi connectivity index (χ1) is 6.79. The monoisotopic (exact) mass is 232 g/mol. The molecule has 1 fully saturated rings. The molecule has 5 heteroatoms. The Labute approximate surface area is 103 Å². The van der Waals surface area contributed by atoms with Crippen LogP contribution in [0.25, 0.3) is 0 Å². The first-order valence-corrected chi connectivity index (χ1v) is 5.59. The second-order valence-corrected chi connectivity index (χ2v) is 3.95. The summed E-state index contributed by atoms with van der Waals surface area (Å²) >= 11 is 0. The maximum absolute atomic E-state index is 7.04. The van der Waals surface area contributed by atoms with Crippen molar-refractivity contribution >= 4 is 19.5 Å². The lowest BCUT2D eigenvalue weighted by Gasteiger charge is -2.24. The van der Waals surface area contributed by atoms with Crippen LogP contribution in [0.3, 0.4) is 0 Å². The lowest BCUT2D eigenvalue weighted by molar-refractivity contribution is 0.251. The number of guanidine groups is 1. The van der Waals surface area contributed by atoms with Crippen molar-refractivity contribution in [2.45, 2.75) is 32.1 Å². The molecule has 0 aromatic carbocycles. The van der Waals surface area contributed by atoms with Gasteiger partial charge in [0, 0.05) is 13.1 Å². The molecule has 90 valence electrons. The number of rotatable bonds is 3. The Hall–Kier alpha value is -0.420. The molecule has 0 unspecified atom stereocenters. The van der Waals surface area contributed by atoms with Crippen LogP contribution in [0.4, 0.5) is 0 Å². The molecule has 0 spiro atoms. The zero-order valence-electron chi connectivity index (χ0n) is 11.3. The van der Waals surface area contributed by atoms with Crippen LogP contribution in [-0.4, -0.2) is 37.0 Å². The average Bonchev–Trinajstić information content (AvgIpc) is 2.07. The molecular formula is C10H24N4S. The van der Waals surface area contributed by atoms with Crippen molar-refractivity contribution in [2.75, 3.05) is 26.2 Å². The van der Waals surface area contributed by atoms with Crippen molar-refractivity contribution in [1.29, 1.82) is 5.41 Å². The van der Waals surface area contributed by atoms with Gasteiger partial charge in [-0.3, -0.25) is 5.41 Å². The van der Waals surface area contributed by atoms with Gasteiger partial charge in [-0.2, -0.15) is 0 Å². The van der Waals surface area contributed by atoms with Gasteiger partial charge in [0.2, 0.25) is 0 Å². The van der Waals surface area contributed by atoms with E-state index >= 15 is 0 Å². The Balaban J connectivity index is -0.000000653. The molecule has 0 aromatic rings. The topological polar surface area (TPSA) is 65.1 Å². The first kappa shape index (κ1) is 14.6. The molecule has 0 aromatic heterocycles. The van der Waals surface area contributed by atoms with E-state index in [1.54, 1.807) is 0 Å². The number of hydrogen-bond donors (Lipinski definition) is 3. The SMILES string of the molecule is N=C(N)NCCN1CCCCCCC1.[H+].[H+].[S-2]. The standard InChI is InChI=1S/C10H22N4.S/c11-10(12)13-6-9-14-7-4-2-1-3-5-8-14;/h1-9H2,(H4,11,12,13);/q;-2/p+2. The third-order valence-electron chi connectivity index (χ3n) is 2.69. The van der Waals surface area contributed by atoms with E-state index in [0.29, 0.717) is 0 Å². The van der Waals surface area contributed by atoms with Crippen LogP contribution in [0.1, 0.15) is 35.0 Å². The Morgan fingerprint density at radius 1 is 1.20 bits per heavy atom. The summed E-state index contributed by atoms with van der Waals surface area (Å²) in [5.41, 5.74) is 5.22. The minimum absolute atomic E-state index is 0. The van der Waals surface area contributed by atoms with Crippen molar-refractivity contribution in [2.24, 2.45) is 5.73 Å². The van der Waals surface area contributed by atoms with Gasteiger partial charge in [0.15, 0.2) is 5.96 Å². The molecular weight excluding hydrogens is 208 g/mol. The highest BCUT2D eigenvalue weighted by atomic mass is 32.1. The molecule has 1 aliphatic rings. The Morgan fingerprint density at radius 3 is 2.27 bits per heavy atom. The van der Waals surface area contributed by atoms with Gasteiger partial charge in [-0.1, -0.05) is 19.3 Å². The predicted octanol–water partition coefficient (Wildman–Crippen LogP) is 0.958. The average molecular weight is 232 g/mol. The molecule has 0 aliphatic carbocycles. The van der Waals surface area contributed by atoms with E-state index in [1.165, 1.54) is 45.2 Å². The summed E-state index contributed by atoms with van der Waals surface area (Å²) in [6.07, 6.45) is 6.78. The molecule has 1 rings (SSSR count). The zero-order chi connectivity index (χ0) is 10.2. The molecule has 0 radical (unpaired) electrons. The Morgan fingerprint density at radius 2 is 1.73 bits per heavy atom. The van der Waals surface area contributed by atoms with Crippen LogP contribution in [0.5, 0.6) is 0 Å². The fraction of sp³-hybridized carbons (Fsp3) is 0.900. The number of nitrogens with two attached hydrogens (primary N) is 1. The quantitative estimate of drug-likeness (QED) is 0.501. The second-order valence-electron chi connectivity index (χ2n) is 3.95. The third kappa shape index (κ3) is 7.50. The van der Waals surface area contributed by atoms with Crippen molar-refractivity contribution in [3.63, 3.8) is 0 Å². The highest BCUT2D eigenvalue weighted by Gasteiger charge is 2.06. The molecule has 0 bridgehead atoms. The second kappa shape index (κ2) is 8.85. The highest BCUT2D eigenvalue weighted by Crippen LogP contribution is 2.09. The van der Waals surface area contributed by atoms with E-state index in [4.69, 9.17) is 11.1 Å². The van der Waals surface area contributed by atoms with Crippen molar-refractivity contribution in [3.05, 3.63) is 0 Å². The summed E-state index contributed by atoms with van der Waals surface area (Å²) in [6, 6.07) is 0. The molecule has 1 heterocycles. The van der Waals surface area contributed by atoms with Crippen LogP contribution in [0, 0.1) is 5.41 Å². The van der Waals surface area contributed by atoms with Gasteiger partial charge < -0.3 is 29.4 Å². The zero-order valence-corrected chi connectivity index (χ0v) is 10.1. The van der Waals surface area contributed by atoms with Gasteiger partial charge in [0.25, 0.3) is 0 Å². The molecule has 4 N–H and O–H groups in total. The lowest BCUT2D eigenvalue weighted by Crippen LogP contribution is -2.38. The van der Waals surface area contributed by atoms with Gasteiger partial charge in [-0.05, 0) is 25.9 Å². The van der Waals surface area contributed by atoms with Gasteiger partial charge >= 0.3 is 2.85 Å². The maximum Gasteiger partial charge on any atom is 1.00 e. The largest absolute Gasteiger partial charge is 2.00 e. The van der Waals surface area contributed by atoms with Crippen LogP contribution >= 0.6 is 0 Å². The summed E-state index contributed by atoms with van der Waals surface area (Å²) in [6.45, 7) is 4.23. The van der Waals surface area contributed by atoms with E-state index in [1.807, 2.05) is 0 Å². The first-order valence-electron chi connectivity index (χ1n) is 5.59. The van der Waals surface area contributed by atoms with Gasteiger partial charge in [0.05, 0.1) is 0 Å². The molecule has 0 amide bonds. The smallest absolute Gasteiger partial charge is 1.00 e. The summed E-state index contributed by atoms with van der Waals surface area (Å²) < 4.78 is 0. The van der Waals surface area contributed by atoms with Gasteiger partial charge in [0.1, 0.15) is 0 Å². The molecule has 4 nitrogen and oxygen atoms in total. The summed E-state index contributed by atoms with van der Waals surface area (Å²) in [7, 11) is 0. The third-order valence-corrected chi connectivity index (χ3v) is 2.69. The van der Waals surface area contributed by atoms with Crippen molar-refractivity contribution in [3.8, 4) is 0 Å². The number of nitrogens with one attached hydrogen (secondary N) is 2. The molecule has 15 heavy (non-hydrogen) atoms. The normalized spacial score (nSPS) is 18.4. The Kier molecular flexibility index (Phi) is 8.61. The maximum atomic E-state index is 7.04. The molecule has 0 atom stereocenters. The minimum atomic E-state index is 0. The summed E-state index contributed by atoms with van der Waals surface area (Å²) in [5.74, 6) is 0.0806. The Bertz CT molecular complexity index is 176. The fourth-order valence-corrected chi connectivity index (χ4v) is 1.89.